The first-order valence-corrected chi connectivity index (χ1v) is 6.18. The van der Waals surface area contributed by atoms with Crippen LogP contribution in [0.15, 0.2) is 24.3 Å². The van der Waals surface area contributed by atoms with Crippen molar-refractivity contribution < 1.29 is 19.4 Å². The average molecular weight is 265 g/mol. The number of carbonyl (C=O) groups excluding carboxylic acids is 1. The van der Waals surface area contributed by atoms with Gasteiger partial charge in [0.25, 0.3) is 0 Å². The van der Waals surface area contributed by atoms with Crippen LogP contribution in [0, 0.1) is 0 Å². The van der Waals surface area contributed by atoms with Gasteiger partial charge in [0.1, 0.15) is 5.75 Å². The average Bonchev–Trinajstić information content (AvgIpc) is 2.29. The zero-order valence-corrected chi connectivity index (χ0v) is 11.1. The zero-order valence-electron chi connectivity index (χ0n) is 11.1. The summed E-state index contributed by atoms with van der Waals surface area (Å²) in [7, 11) is 0. The van der Waals surface area contributed by atoms with E-state index in [9.17, 15) is 14.7 Å². The van der Waals surface area contributed by atoms with E-state index in [0.717, 1.165) is 0 Å². The van der Waals surface area contributed by atoms with Crippen LogP contribution in [-0.2, 0) is 9.59 Å². The molecule has 1 aromatic carbocycles. The molecule has 0 radical (unpaired) electrons. The lowest BCUT2D eigenvalue weighted by Crippen LogP contribution is -2.17. The number of carboxylic acids is 1. The summed E-state index contributed by atoms with van der Waals surface area (Å²) in [6, 6.07) is 6.88. The number of primary amides is 1. The van der Waals surface area contributed by atoms with Crippen molar-refractivity contribution in [3.05, 3.63) is 29.8 Å². The fourth-order valence-corrected chi connectivity index (χ4v) is 1.77. The van der Waals surface area contributed by atoms with E-state index in [4.69, 9.17) is 10.5 Å². The van der Waals surface area contributed by atoms with Crippen molar-refractivity contribution in [3.63, 3.8) is 0 Å². The smallest absolute Gasteiger partial charge is 0.310 e. The van der Waals surface area contributed by atoms with Gasteiger partial charge in [-0.2, -0.15) is 0 Å². The Hall–Kier alpha value is -2.04. The molecule has 0 bridgehead atoms. The van der Waals surface area contributed by atoms with Gasteiger partial charge in [-0.05, 0) is 38.0 Å². The molecule has 0 aliphatic heterocycles. The molecule has 1 amide bonds. The molecule has 0 fully saturated rings. The van der Waals surface area contributed by atoms with E-state index in [0.29, 0.717) is 11.3 Å². The molecule has 1 aromatic rings. The Labute approximate surface area is 112 Å². The molecule has 1 rings (SSSR count). The maximum atomic E-state index is 11.2. The standard InChI is InChI=1S/C14H19NO4/c1-9(2)19-11-5-3-10(4-6-11)12(14(17)18)7-8-13(15)16/h3-6,9,12H,7-8H2,1-2H3,(H2,15,16)(H,17,18). The van der Waals surface area contributed by atoms with Gasteiger partial charge in [0, 0.05) is 6.42 Å². The summed E-state index contributed by atoms with van der Waals surface area (Å²) in [6.45, 7) is 3.83. The van der Waals surface area contributed by atoms with Crippen LogP contribution in [-0.4, -0.2) is 23.1 Å². The fraction of sp³-hybridized carbons (Fsp3) is 0.429. The van der Waals surface area contributed by atoms with E-state index in [1.54, 1.807) is 24.3 Å². The second-order valence-corrected chi connectivity index (χ2v) is 4.63. The maximum absolute atomic E-state index is 11.2. The molecular weight excluding hydrogens is 246 g/mol. The lowest BCUT2D eigenvalue weighted by atomic mass is 9.94. The first kappa shape index (κ1) is 15.0. The van der Waals surface area contributed by atoms with Crippen LogP contribution >= 0.6 is 0 Å². The topological polar surface area (TPSA) is 89.6 Å². The predicted octanol–water partition coefficient (Wildman–Crippen LogP) is 1.91. The Kier molecular flexibility index (Phi) is 5.36. The van der Waals surface area contributed by atoms with Crippen LogP contribution in [0.4, 0.5) is 0 Å². The summed E-state index contributed by atoms with van der Waals surface area (Å²) < 4.78 is 5.49. The first-order valence-electron chi connectivity index (χ1n) is 6.18. The molecule has 0 spiro atoms. The van der Waals surface area contributed by atoms with E-state index in [1.807, 2.05) is 13.8 Å². The number of carboxylic acid groups (broad SMARTS) is 1. The molecule has 3 N–H and O–H groups in total. The number of hydrogen-bond donors (Lipinski definition) is 2. The van der Waals surface area contributed by atoms with Gasteiger partial charge in [0.05, 0.1) is 12.0 Å². The second-order valence-electron chi connectivity index (χ2n) is 4.63. The Balaban J connectivity index is 2.79. The van der Waals surface area contributed by atoms with E-state index in [-0.39, 0.29) is 18.9 Å². The molecule has 0 aromatic heterocycles. The van der Waals surface area contributed by atoms with Crippen molar-refractivity contribution in [1.29, 1.82) is 0 Å². The Morgan fingerprint density at radius 1 is 1.26 bits per heavy atom. The number of benzene rings is 1. The van der Waals surface area contributed by atoms with Gasteiger partial charge < -0.3 is 15.6 Å². The number of amides is 1. The molecule has 0 saturated carbocycles. The molecule has 5 heteroatoms. The summed E-state index contributed by atoms with van der Waals surface area (Å²) in [5, 5.41) is 9.17. The Morgan fingerprint density at radius 3 is 2.26 bits per heavy atom. The van der Waals surface area contributed by atoms with Crippen molar-refractivity contribution in [3.8, 4) is 5.75 Å². The van der Waals surface area contributed by atoms with Gasteiger partial charge >= 0.3 is 5.97 Å². The molecular formula is C14H19NO4. The number of nitrogens with two attached hydrogens (primary N) is 1. The summed E-state index contributed by atoms with van der Waals surface area (Å²) in [5.41, 5.74) is 5.69. The molecule has 104 valence electrons. The number of aliphatic carboxylic acids is 1. The summed E-state index contributed by atoms with van der Waals surface area (Å²) in [4.78, 5) is 21.9. The van der Waals surface area contributed by atoms with Crippen LogP contribution in [0.25, 0.3) is 0 Å². The number of carbonyl (C=O) groups is 2. The molecule has 1 atom stereocenters. The second kappa shape index (κ2) is 6.78. The minimum Gasteiger partial charge on any atom is -0.491 e. The highest BCUT2D eigenvalue weighted by Crippen LogP contribution is 2.24. The predicted molar refractivity (Wildman–Crippen MR) is 71.0 cm³/mol. The summed E-state index contributed by atoms with van der Waals surface area (Å²) >= 11 is 0. The Morgan fingerprint density at radius 2 is 1.84 bits per heavy atom. The zero-order chi connectivity index (χ0) is 14.4. The van der Waals surface area contributed by atoms with Crippen molar-refractivity contribution in [2.75, 3.05) is 0 Å². The highest BCUT2D eigenvalue weighted by molar-refractivity contribution is 5.78. The van der Waals surface area contributed by atoms with E-state index < -0.39 is 17.8 Å². The van der Waals surface area contributed by atoms with Crippen molar-refractivity contribution in [2.45, 2.75) is 38.7 Å². The summed E-state index contributed by atoms with van der Waals surface area (Å²) in [5.74, 6) is -1.48. The summed E-state index contributed by atoms with van der Waals surface area (Å²) in [6.07, 6.45) is 0.326. The lowest BCUT2D eigenvalue weighted by Gasteiger charge is -2.14. The molecule has 0 aliphatic rings. The molecule has 5 nitrogen and oxygen atoms in total. The molecule has 0 saturated heterocycles. The van der Waals surface area contributed by atoms with Gasteiger partial charge in [-0.1, -0.05) is 12.1 Å². The van der Waals surface area contributed by atoms with Crippen molar-refractivity contribution in [2.24, 2.45) is 5.73 Å². The van der Waals surface area contributed by atoms with E-state index in [1.165, 1.54) is 0 Å². The lowest BCUT2D eigenvalue weighted by molar-refractivity contribution is -0.139. The molecule has 1 unspecified atom stereocenters. The highest BCUT2D eigenvalue weighted by Gasteiger charge is 2.20. The van der Waals surface area contributed by atoms with Crippen LogP contribution in [0.1, 0.15) is 38.2 Å². The monoisotopic (exact) mass is 265 g/mol. The van der Waals surface area contributed by atoms with E-state index in [2.05, 4.69) is 0 Å². The fourth-order valence-electron chi connectivity index (χ4n) is 1.77. The Bertz CT molecular complexity index is 439. The van der Waals surface area contributed by atoms with Crippen LogP contribution in [0.5, 0.6) is 5.75 Å². The van der Waals surface area contributed by atoms with Crippen LogP contribution in [0.2, 0.25) is 0 Å². The third kappa shape index (κ3) is 4.99. The molecule has 0 heterocycles. The van der Waals surface area contributed by atoms with Gasteiger partial charge in [-0.25, -0.2) is 0 Å². The molecule has 0 aliphatic carbocycles. The highest BCUT2D eigenvalue weighted by atomic mass is 16.5. The number of hydrogen-bond acceptors (Lipinski definition) is 3. The normalized spacial score (nSPS) is 12.2. The SMILES string of the molecule is CC(C)Oc1ccc(C(CCC(N)=O)C(=O)O)cc1. The van der Waals surface area contributed by atoms with Crippen molar-refractivity contribution >= 4 is 11.9 Å². The minimum atomic E-state index is -0.959. The van der Waals surface area contributed by atoms with Gasteiger partial charge in [-0.3, -0.25) is 9.59 Å². The first-order chi connectivity index (χ1) is 8.90. The number of ether oxygens (including phenoxy) is 1. The van der Waals surface area contributed by atoms with Gasteiger partial charge in [0.2, 0.25) is 5.91 Å². The maximum Gasteiger partial charge on any atom is 0.310 e. The van der Waals surface area contributed by atoms with Gasteiger partial charge in [0.15, 0.2) is 0 Å². The van der Waals surface area contributed by atoms with Gasteiger partial charge in [-0.15, -0.1) is 0 Å². The third-order valence-electron chi connectivity index (χ3n) is 2.63. The minimum absolute atomic E-state index is 0.0568. The van der Waals surface area contributed by atoms with Crippen LogP contribution in [0.3, 0.4) is 0 Å². The van der Waals surface area contributed by atoms with Crippen molar-refractivity contribution in [1.82, 2.24) is 0 Å². The number of rotatable bonds is 7. The van der Waals surface area contributed by atoms with Crippen LogP contribution < -0.4 is 10.5 Å². The van der Waals surface area contributed by atoms with E-state index >= 15 is 0 Å². The third-order valence-corrected chi connectivity index (χ3v) is 2.63. The largest absolute Gasteiger partial charge is 0.491 e. The molecule has 19 heavy (non-hydrogen) atoms. The quantitative estimate of drug-likeness (QED) is 0.788.